The second-order valence-corrected chi connectivity index (χ2v) is 7.61. The van der Waals surface area contributed by atoms with Crippen LogP contribution in [0, 0.1) is 0 Å². The Morgan fingerprint density at radius 3 is 2.76 bits per heavy atom. The van der Waals surface area contributed by atoms with Gasteiger partial charge in [0.15, 0.2) is 6.29 Å². The number of rotatable bonds is 3. The van der Waals surface area contributed by atoms with Crippen molar-refractivity contribution in [2.45, 2.75) is 63.4 Å². The van der Waals surface area contributed by atoms with Gasteiger partial charge in [0.05, 0.1) is 17.6 Å². The molecule has 2 aliphatic heterocycles. The average molecular weight is 348 g/mol. The minimum Gasteiger partial charge on any atom is -0.387 e. The van der Waals surface area contributed by atoms with Crippen molar-refractivity contribution in [3.8, 4) is 0 Å². The van der Waals surface area contributed by atoms with E-state index in [-0.39, 0.29) is 17.6 Å². The van der Waals surface area contributed by atoms with Gasteiger partial charge < -0.3 is 19.7 Å². The molecule has 0 spiro atoms. The van der Waals surface area contributed by atoms with E-state index in [1.807, 2.05) is 16.7 Å². The van der Waals surface area contributed by atoms with Crippen molar-refractivity contribution in [2.75, 3.05) is 7.11 Å². The molecule has 1 aromatic carbocycles. The number of ether oxygens (including phenoxy) is 2. The molecule has 4 rings (SSSR count). The SMILES string of the molecule is CO[C@@H]1O[C@H](Cn2c(=O)n3c4c(cccc42)C(C)(C)CC3)[C@@H](O)[C@H]1O. The lowest BCUT2D eigenvalue weighted by atomic mass is 9.79. The zero-order chi connectivity index (χ0) is 17.9. The number of aliphatic hydroxyl groups excluding tert-OH is 2. The molecule has 1 aromatic heterocycles. The van der Waals surface area contributed by atoms with Crippen LogP contribution in [0.25, 0.3) is 11.0 Å². The summed E-state index contributed by atoms with van der Waals surface area (Å²) >= 11 is 0. The topological polar surface area (TPSA) is 85.9 Å². The second-order valence-electron chi connectivity index (χ2n) is 7.61. The number of aromatic nitrogens is 2. The number of nitrogens with zero attached hydrogens (tertiary/aromatic N) is 2. The van der Waals surface area contributed by atoms with Crippen molar-refractivity contribution in [3.05, 3.63) is 34.2 Å². The fourth-order valence-electron chi connectivity index (χ4n) is 4.07. The average Bonchev–Trinajstić information content (AvgIpc) is 3.01. The van der Waals surface area contributed by atoms with E-state index in [1.54, 1.807) is 4.57 Å². The Morgan fingerprint density at radius 1 is 1.32 bits per heavy atom. The van der Waals surface area contributed by atoms with E-state index >= 15 is 0 Å². The Labute approximate surface area is 145 Å². The van der Waals surface area contributed by atoms with Crippen LogP contribution in [-0.4, -0.2) is 51.1 Å². The quantitative estimate of drug-likeness (QED) is 0.847. The van der Waals surface area contributed by atoms with Gasteiger partial charge in [0, 0.05) is 13.7 Å². The molecule has 25 heavy (non-hydrogen) atoms. The fraction of sp³-hybridized carbons (Fsp3) is 0.611. The molecule has 0 bridgehead atoms. The standard InChI is InChI=1S/C18H24N2O5/c1-18(2)7-8-19-13-10(18)5-4-6-11(13)20(17(19)23)9-12-14(21)15(22)16(24-3)25-12/h4-6,12,14-16,21-22H,7-9H2,1-3H3/t12-,14-,15-,16-/m1/s1. The molecule has 0 amide bonds. The van der Waals surface area contributed by atoms with Crippen molar-refractivity contribution in [3.63, 3.8) is 0 Å². The van der Waals surface area contributed by atoms with Crippen LogP contribution in [0.5, 0.6) is 0 Å². The van der Waals surface area contributed by atoms with Crippen LogP contribution in [0.1, 0.15) is 25.8 Å². The van der Waals surface area contributed by atoms with Crippen LogP contribution in [0.4, 0.5) is 0 Å². The first-order chi connectivity index (χ1) is 11.8. The van der Waals surface area contributed by atoms with Gasteiger partial charge in [-0.15, -0.1) is 0 Å². The first-order valence-electron chi connectivity index (χ1n) is 8.62. The molecule has 2 N–H and O–H groups in total. The molecule has 0 unspecified atom stereocenters. The van der Waals surface area contributed by atoms with Gasteiger partial charge in [-0.05, 0) is 23.5 Å². The Balaban J connectivity index is 1.79. The molecule has 3 heterocycles. The summed E-state index contributed by atoms with van der Waals surface area (Å²) in [5.41, 5.74) is 2.86. The molecule has 1 fully saturated rings. The van der Waals surface area contributed by atoms with Crippen LogP contribution in [0.2, 0.25) is 0 Å². The molecule has 2 aromatic rings. The smallest absolute Gasteiger partial charge is 0.329 e. The lowest BCUT2D eigenvalue weighted by Crippen LogP contribution is -2.37. The lowest BCUT2D eigenvalue weighted by Gasteiger charge is -2.30. The number of methoxy groups -OCH3 is 1. The second kappa shape index (κ2) is 5.67. The highest BCUT2D eigenvalue weighted by molar-refractivity contribution is 5.81. The van der Waals surface area contributed by atoms with E-state index in [0.717, 1.165) is 23.0 Å². The van der Waals surface area contributed by atoms with Gasteiger partial charge >= 0.3 is 5.69 Å². The van der Waals surface area contributed by atoms with Gasteiger partial charge in [-0.3, -0.25) is 9.13 Å². The Bertz CT molecular complexity index is 868. The number of aliphatic hydroxyl groups is 2. The largest absolute Gasteiger partial charge is 0.387 e. The molecule has 2 aliphatic rings. The predicted molar refractivity (Wildman–Crippen MR) is 91.5 cm³/mol. The summed E-state index contributed by atoms with van der Waals surface area (Å²) in [7, 11) is 1.41. The maximum absolute atomic E-state index is 12.9. The fourth-order valence-corrected chi connectivity index (χ4v) is 4.07. The third kappa shape index (κ3) is 2.38. The van der Waals surface area contributed by atoms with Crippen LogP contribution >= 0.6 is 0 Å². The van der Waals surface area contributed by atoms with Gasteiger partial charge in [-0.2, -0.15) is 0 Å². The van der Waals surface area contributed by atoms with Crippen LogP contribution in [-0.2, 0) is 28.0 Å². The first kappa shape index (κ1) is 16.8. The maximum atomic E-state index is 12.9. The van der Waals surface area contributed by atoms with E-state index < -0.39 is 24.6 Å². The number of aryl methyl sites for hydroxylation is 1. The van der Waals surface area contributed by atoms with E-state index in [4.69, 9.17) is 9.47 Å². The van der Waals surface area contributed by atoms with Crippen molar-refractivity contribution in [1.29, 1.82) is 0 Å². The number of para-hydroxylation sites is 1. The highest BCUT2D eigenvalue weighted by Crippen LogP contribution is 2.37. The molecule has 0 aliphatic carbocycles. The summed E-state index contributed by atoms with van der Waals surface area (Å²) in [6, 6.07) is 5.96. The molecule has 0 saturated carbocycles. The number of imidazole rings is 1. The van der Waals surface area contributed by atoms with Gasteiger partial charge in [0.1, 0.15) is 18.3 Å². The van der Waals surface area contributed by atoms with Gasteiger partial charge in [-0.25, -0.2) is 4.79 Å². The van der Waals surface area contributed by atoms with Crippen molar-refractivity contribution >= 4 is 11.0 Å². The summed E-state index contributed by atoms with van der Waals surface area (Å²) in [5.74, 6) is 0. The summed E-state index contributed by atoms with van der Waals surface area (Å²) in [5, 5.41) is 20.2. The van der Waals surface area contributed by atoms with Crippen molar-refractivity contribution in [1.82, 2.24) is 9.13 Å². The number of hydrogen-bond donors (Lipinski definition) is 2. The van der Waals surface area contributed by atoms with E-state index in [0.29, 0.717) is 6.54 Å². The molecule has 4 atom stereocenters. The van der Waals surface area contributed by atoms with E-state index in [2.05, 4.69) is 19.9 Å². The molecule has 7 nitrogen and oxygen atoms in total. The van der Waals surface area contributed by atoms with E-state index in [1.165, 1.54) is 7.11 Å². The number of hydrogen-bond acceptors (Lipinski definition) is 5. The lowest BCUT2D eigenvalue weighted by molar-refractivity contribution is -0.150. The summed E-state index contributed by atoms with van der Waals surface area (Å²) in [6.07, 6.45) is -2.90. The highest BCUT2D eigenvalue weighted by atomic mass is 16.7. The third-order valence-electron chi connectivity index (χ3n) is 5.64. The molecule has 136 valence electrons. The van der Waals surface area contributed by atoms with Crippen LogP contribution in [0.15, 0.2) is 23.0 Å². The maximum Gasteiger partial charge on any atom is 0.329 e. The zero-order valence-corrected chi connectivity index (χ0v) is 14.7. The third-order valence-corrected chi connectivity index (χ3v) is 5.64. The van der Waals surface area contributed by atoms with Crippen molar-refractivity contribution < 1.29 is 19.7 Å². The summed E-state index contributed by atoms with van der Waals surface area (Å²) in [4.78, 5) is 12.9. The Morgan fingerprint density at radius 2 is 2.08 bits per heavy atom. The molecular weight excluding hydrogens is 324 g/mol. The van der Waals surface area contributed by atoms with E-state index in [9.17, 15) is 15.0 Å². The molecular formula is C18H24N2O5. The minimum atomic E-state index is -1.12. The monoisotopic (exact) mass is 348 g/mol. The van der Waals surface area contributed by atoms with Crippen molar-refractivity contribution in [2.24, 2.45) is 0 Å². The predicted octanol–water partition coefficient (Wildman–Crippen LogP) is 0.577. The number of benzene rings is 1. The minimum absolute atomic E-state index is 0.0127. The van der Waals surface area contributed by atoms with Crippen LogP contribution < -0.4 is 5.69 Å². The molecule has 1 saturated heterocycles. The van der Waals surface area contributed by atoms with Crippen LogP contribution in [0.3, 0.4) is 0 Å². The van der Waals surface area contributed by atoms with Gasteiger partial charge in [-0.1, -0.05) is 26.0 Å². The Kier molecular flexibility index (Phi) is 3.81. The highest BCUT2D eigenvalue weighted by Gasteiger charge is 2.43. The first-order valence-corrected chi connectivity index (χ1v) is 8.62. The van der Waals surface area contributed by atoms with Gasteiger partial charge in [0.2, 0.25) is 0 Å². The summed E-state index contributed by atoms with van der Waals surface area (Å²) < 4.78 is 14.1. The molecule has 0 radical (unpaired) electrons. The zero-order valence-electron chi connectivity index (χ0n) is 14.7. The Hall–Kier alpha value is -1.67. The molecule has 7 heteroatoms. The summed E-state index contributed by atoms with van der Waals surface area (Å²) in [6.45, 7) is 5.22. The normalized spacial score (nSPS) is 30.9. The van der Waals surface area contributed by atoms with Gasteiger partial charge in [0.25, 0.3) is 0 Å².